The van der Waals surface area contributed by atoms with Crippen molar-refractivity contribution in [2.45, 2.75) is 76.7 Å². The average molecular weight is 259 g/mol. The second-order valence-corrected chi connectivity index (χ2v) is 6.76. The van der Waals surface area contributed by atoms with Crippen LogP contribution in [0.5, 0.6) is 0 Å². The molecule has 0 heterocycles. The van der Waals surface area contributed by atoms with Crippen LogP contribution in [-0.2, 0) is 0 Å². The van der Waals surface area contributed by atoms with Crippen molar-refractivity contribution in [2.24, 2.45) is 11.3 Å². The van der Waals surface area contributed by atoms with Crippen molar-refractivity contribution in [3.63, 3.8) is 0 Å². The predicted octanol–water partition coefficient (Wildman–Crippen LogP) is 4.37. The Bertz CT molecular complexity index is 272. The molecule has 1 nitrogen and oxygen atoms in total. The van der Waals surface area contributed by atoms with E-state index in [1.807, 2.05) is 7.05 Å². The summed E-state index contributed by atoms with van der Waals surface area (Å²) in [6.07, 6.45) is 8.30. The van der Waals surface area contributed by atoms with Crippen LogP contribution < -0.4 is 5.32 Å². The number of nitrogens with one attached hydrogen (secondary N) is 1. The molecule has 2 unspecified atom stereocenters. The number of halogens is 2. The summed E-state index contributed by atoms with van der Waals surface area (Å²) in [5.74, 6) is -2.17. The molecule has 106 valence electrons. The van der Waals surface area contributed by atoms with Crippen LogP contribution in [0.15, 0.2) is 0 Å². The molecule has 2 aliphatic carbocycles. The van der Waals surface area contributed by atoms with Gasteiger partial charge in [-0.2, -0.15) is 0 Å². The third kappa shape index (κ3) is 3.23. The molecule has 2 fully saturated rings. The largest absolute Gasteiger partial charge is 0.316 e. The Morgan fingerprint density at radius 1 is 1.17 bits per heavy atom. The Hall–Kier alpha value is -0.180. The lowest BCUT2D eigenvalue weighted by Crippen LogP contribution is -2.44. The van der Waals surface area contributed by atoms with E-state index in [2.05, 4.69) is 12.2 Å². The van der Waals surface area contributed by atoms with Gasteiger partial charge in [-0.15, -0.1) is 0 Å². The second kappa shape index (κ2) is 5.44. The molecule has 0 bridgehead atoms. The standard InChI is InChI=1S/C15H27F2N/c1-14(7-4-3-5-8-14)13(18-2)10-12-6-9-15(16,17)11-12/h12-13,18H,3-11H2,1-2H3. The van der Waals surface area contributed by atoms with E-state index in [-0.39, 0.29) is 18.8 Å². The number of alkyl halides is 2. The molecule has 18 heavy (non-hydrogen) atoms. The molecule has 1 N–H and O–H groups in total. The first-order chi connectivity index (χ1) is 8.45. The minimum Gasteiger partial charge on any atom is -0.316 e. The Balaban J connectivity index is 1.93. The molecule has 3 heteroatoms. The van der Waals surface area contributed by atoms with Crippen LogP contribution in [0.1, 0.15) is 64.7 Å². The summed E-state index contributed by atoms with van der Waals surface area (Å²) in [7, 11) is 2.00. The fourth-order valence-electron chi connectivity index (χ4n) is 4.04. The van der Waals surface area contributed by atoms with Crippen LogP contribution in [0, 0.1) is 11.3 Å². The summed E-state index contributed by atoms with van der Waals surface area (Å²) in [4.78, 5) is 0. The van der Waals surface area contributed by atoms with E-state index >= 15 is 0 Å². The Kier molecular flexibility index (Phi) is 4.30. The summed E-state index contributed by atoms with van der Waals surface area (Å²) in [6, 6.07) is 0.414. The van der Waals surface area contributed by atoms with Crippen LogP contribution in [0.4, 0.5) is 8.78 Å². The average Bonchev–Trinajstić information content (AvgIpc) is 2.66. The Morgan fingerprint density at radius 3 is 2.33 bits per heavy atom. The highest BCUT2D eigenvalue weighted by atomic mass is 19.3. The molecular weight excluding hydrogens is 232 g/mol. The van der Waals surface area contributed by atoms with Gasteiger partial charge >= 0.3 is 0 Å². The summed E-state index contributed by atoms with van der Waals surface area (Å²) in [5.41, 5.74) is 0.324. The van der Waals surface area contributed by atoms with Gasteiger partial charge in [0.1, 0.15) is 0 Å². The fraction of sp³-hybridized carbons (Fsp3) is 1.00. The van der Waals surface area contributed by atoms with Crippen LogP contribution in [0.2, 0.25) is 0 Å². The van der Waals surface area contributed by atoms with Gasteiger partial charge in [-0.25, -0.2) is 8.78 Å². The molecule has 0 aromatic heterocycles. The molecule has 2 saturated carbocycles. The minimum atomic E-state index is -2.39. The first kappa shape index (κ1) is 14.2. The quantitative estimate of drug-likeness (QED) is 0.790. The lowest BCUT2D eigenvalue weighted by Gasteiger charge is -2.42. The highest BCUT2D eigenvalue weighted by Crippen LogP contribution is 2.45. The third-order valence-electron chi connectivity index (χ3n) is 5.26. The zero-order chi connectivity index (χ0) is 13.2. The van der Waals surface area contributed by atoms with Crippen molar-refractivity contribution < 1.29 is 8.78 Å². The van der Waals surface area contributed by atoms with E-state index in [9.17, 15) is 8.78 Å². The first-order valence-corrected chi connectivity index (χ1v) is 7.50. The van der Waals surface area contributed by atoms with Gasteiger partial charge in [-0.05, 0) is 44.1 Å². The fourth-order valence-corrected chi connectivity index (χ4v) is 4.04. The van der Waals surface area contributed by atoms with Gasteiger partial charge in [-0.1, -0.05) is 26.2 Å². The normalized spacial score (nSPS) is 32.3. The predicted molar refractivity (Wildman–Crippen MR) is 70.9 cm³/mol. The van der Waals surface area contributed by atoms with E-state index in [1.165, 1.54) is 32.1 Å². The molecule has 0 aromatic carbocycles. The zero-order valence-electron chi connectivity index (χ0n) is 11.8. The number of hydrogen-bond donors (Lipinski definition) is 1. The monoisotopic (exact) mass is 259 g/mol. The maximum atomic E-state index is 13.3. The summed E-state index contributed by atoms with van der Waals surface area (Å²) in [5, 5.41) is 3.42. The van der Waals surface area contributed by atoms with Crippen molar-refractivity contribution >= 4 is 0 Å². The maximum absolute atomic E-state index is 13.3. The van der Waals surface area contributed by atoms with Crippen LogP contribution in [0.25, 0.3) is 0 Å². The Morgan fingerprint density at radius 2 is 1.83 bits per heavy atom. The topological polar surface area (TPSA) is 12.0 Å². The van der Waals surface area contributed by atoms with E-state index in [1.54, 1.807) is 0 Å². The van der Waals surface area contributed by atoms with Crippen LogP contribution in [0.3, 0.4) is 0 Å². The van der Waals surface area contributed by atoms with Gasteiger partial charge < -0.3 is 5.32 Å². The van der Waals surface area contributed by atoms with Gasteiger partial charge in [0.2, 0.25) is 5.92 Å². The lowest BCUT2D eigenvalue weighted by atomic mass is 9.68. The molecule has 0 amide bonds. The van der Waals surface area contributed by atoms with Crippen molar-refractivity contribution in [1.82, 2.24) is 5.32 Å². The van der Waals surface area contributed by atoms with E-state index < -0.39 is 5.92 Å². The van der Waals surface area contributed by atoms with Gasteiger partial charge in [0.05, 0.1) is 0 Å². The number of hydrogen-bond acceptors (Lipinski definition) is 1. The third-order valence-corrected chi connectivity index (χ3v) is 5.26. The molecule has 2 atom stereocenters. The Labute approximate surface area is 110 Å². The molecule has 0 saturated heterocycles. The van der Waals surface area contributed by atoms with E-state index in [4.69, 9.17) is 0 Å². The van der Waals surface area contributed by atoms with E-state index in [0.717, 1.165) is 6.42 Å². The van der Waals surface area contributed by atoms with Gasteiger partial charge in [0.25, 0.3) is 0 Å². The molecule has 0 aromatic rings. The first-order valence-electron chi connectivity index (χ1n) is 7.50. The smallest absolute Gasteiger partial charge is 0.248 e. The van der Waals surface area contributed by atoms with E-state index in [0.29, 0.717) is 17.9 Å². The SMILES string of the molecule is CNC(CC1CCC(F)(F)C1)C1(C)CCCCC1. The highest BCUT2D eigenvalue weighted by Gasteiger charge is 2.42. The van der Waals surface area contributed by atoms with Crippen molar-refractivity contribution in [2.75, 3.05) is 7.05 Å². The van der Waals surface area contributed by atoms with Crippen molar-refractivity contribution in [3.8, 4) is 0 Å². The van der Waals surface area contributed by atoms with Gasteiger partial charge in [0, 0.05) is 18.9 Å². The molecule has 0 radical (unpaired) electrons. The van der Waals surface area contributed by atoms with Crippen LogP contribution >= 0.6 is 0 Å². The molecule has 0 spiro atoms. The summed E-state index contributed by atoms with van der Waals surface area (Å²) >= 11 is 0. The molecule has 2 aliphatic rings. The van der Waals surface area contributed by atoms with Gasteiger partial charge in [0.15, 0.2) is 0 Å². The van der Waals surface area contributed by atoms with Crippen LogP contribution in [-0.4, -0.2) is 19.0 Å². The molecule has 0 aliphatic heterocycles. The van der Waals surface area contributed by atoms with Gasteiger partial charge in [-0.3, -0.25) is 0 Å². The molecule has 2 rings (SSSR count). The lowest BCUT2D eigenvalue weighted by molar-refractivity contribution is 0.00306. The van der Waals surface area contributed by atoms with Crippen molar-refractivity contribution in [1.29, 1.82) is 0 Å². The highest BCUT2D eigenvalue weighted by molar-refractivity contribution is 4.93. The molecular formula is C15H27F2N. The van der Waals surface area contributed by atoms with Crippen molar-refractivity contribution in [3.05, 3.63) is 0 Å². The zero-order valence-corrected chi connectivity index (χ0v) is 11.8. The minimum absolute atomic E-state index is 0.102. The number of rotatable bonds is 4. The second-order valence-electron chi connectivity index (χ2n) is 6.76. The summed E-state index contributed by atoms with van der Waals surface area (Å²) < 4.78 is 26.5. The maximum Gasteiger partial charge on any atom is 0.248 e. The summed E-state index contributed by atoms with van der Waals surface area (Å²) in [6.45, 7) is 2.35.